The number of unbranched alkanes of at least 4 members (excludes halogenated alkanes) is 1. The largest absolute Gasteiger partial charge is 0.396 e. The van der Waals surface area contributed by atoms with Gasteiger partial charge in [-0.2, -0.15) is 0 Å². The summed E-state index contributed by atoms with van der Waals surface area (Å²) in [6, 6.07) is 0. The van der Waals surface area contributed by atoms with Crippen LogP contribution in [0.3, 0.4) is 0 Å². The first-order chi connectivity index (χ1) is 7.90. The van der Waals surface area contributed by atoms with Crippen LogP contribution in [0.4, 0.5) is 0 Å². The van der Waals surface area contributed by atoms with Crippen LogP contribution in [-0.4, -0.2) is 29.2 Å². The molecule has 0 spiro atoms. The zero-order valence-corrected chi connectivity index (χ0v) is 11.7. The molecule has 0 fully saturated rings. The average molecular weight is 244 g/mol. The molecule has 0 bridgehead atoms. The first-order valence-corrected chi connectivity index (χ1v) is 6.65. The second kappa shape index (κ2) is 7.12. The first kappa shape index (κ1) is 16.6. The van der Waals surface area contributed by atoms with Gasteiger partial charge in [-0.3, -0.25) is 0 Å². The summed E-state index contributed by atoms with van der Waals surface area (Å²) in [6.07, 6.45) is 4.28. The van der Waals surface area contributed by atoms with E-state index in [1.807, 2.05) is 13.8 Å². The van der Waals surface area contributed by atoms with Crippen molar-refractivity contribution in [2.24, 2.45) is 10.8 Å². The minimum atomic E-state index is -0.788. The Hall–Kier alpha value is -0.410. The summed E-state index contributed by atoms with van der Waals surface area (Å²) in [5, 5.41) is 20.0. The lowest BCUT2D eigenvalue weighted by atomic mass is 9.67. The first-order valence-electron chi connectivity index (χ1n) is 6.65. The van der Waals surface area contributed by atoms with Gasteiger partial charge in [-0.25, -0.2) is 0 Å². The highest BCUT2D eigenvalue weighted by molar-refractivity contribution is 5.60. The van der Waals surface area contributed by atoms with Crippen molar-refractivity contribution in [3.8, 4) is 0 Å². The predicted octanol–water partition coefficient (Wildman–Crippen LogP) is 2.54. The van der Waals surface area contributed by atoms with E-state index < -0.39 is 16.9 Å². The van der Waals surface area contributed by atoms with Gasteiger partial charge in [0.1, 0.15) is 6.29 Å². The highest BCUT2D eigenvalue weighted by Crippen LogP contribution is 2.39. The zero-order chi connectivity index (χ0) is 13.5. The highest BCUT2D eigenvalue weighted by atomic mass is 16.3. The lowest BCUT2D eigenvalue weighted by molar-refractivity contribution is -0.133. The van der Waals surface area contributed by atoms with Gasteiger partial charge < -0.3 is 15.0 Å². The molecule has 0 aliphatic carbocycles. The molecule has 0 aromatic carbocycles. The second-order valence-electron chi connectivity index (χ2n) is 5.69. The standard InChI is InChI=1S/C14H28O3/c1-5-7-9-14(4,11-16)12(17)13(3,10-15)8-6-2/h10,12,16-17H,5-9,11H2,1-4H3. The molecule has 0 aliphatic rings. The second-order valence-corrected chi connectivity index (χ2v) is 5.69. The summed E-state index contributed by atoms with van der Waals surface area (Å²) in [4.78, 5) is 11.3. The lowest BCUT2D eigenvalue weighted by Gasteiger charge is -2.41. The van der Waals surface area contributed by atoms with Gasteiger partial charge in [0.2, 0.25) is 0 Å². The number of aliphatic hydroxyl groups is 2. The fourth-order valence-corrected chi connectivity index (χ4v) is 2.48. The summed E-state index contributed by atoms with van der Waals surface area (Å²) in [6.45, 7) is 7.64. The molecule has 3 heteroatoms. The molecule has 0 saturated heterocycles. The Kier molecular flexibility index (Phi) is 6.95. The highest BCUT2D eigenvalue weighted by Gasteiger charge is 2.43. The number of rotatable bonds is 9. The van der Waals surface area contributed by atoms with Crippen molar-refractivity contribution in [3.05, 3.63) is 0 Å². The molecule has 17 heavy (non-hydrogen) atoms. The Labute approximate surface area is 105 Å². The number of hydrogen-bond acceptors (Lipinski definition) is 3. The Bertz CT molecular complexity index is 230. The molecule has 0 rings (SSSR count). The molecule has 3 nitrogen and oxygen atoms in total. The molecule has 102 valence electrons. The van der Waals surface area contributed by atoms with Crippen LogP contribution >= 0.6 is 0 Å². The number of carbonyl (C=O) groups excluding carboxylic acids is 1. The monoisotopic (exact) mass is 244 g/mol. The normalized spacial score (nSPS) is 20.4. The Morgan fingerprint density at radius 2 is 1.76 bits per heavy atom. The topological polar surface area (TPSA) is 57.5 Å². The molecule has 0 aromatic heterocycles. The smallest absolute Gasteiger partial charge is 0.128 e. The molecule has 2 N–H and O–H groups in total. The minimum Gasteiger partial charge on any atom is -0.396 e. The van der Waals surface area contributed by atoms with Crippen LogP contribution < -0.4 is 0 Å². The van der Waals surface area contributed by atoms with Crippen LogP contribution in [0.15, 0.2) is 0 Å². The van der Waals surface area contributed by atoms with E-state index in [-0.39, 0.29) is 6.61 Å². The molecule has 0 heterocycles. The summed E-state index contributed by atoms with van der Waals surface area (Å²) in [7, 11) is 0. The van der Waals surface area contributed by atoms with Gasteiger partial charge in [-0.05, 0) is 12.8 Å². The van der Waals surface area contributed by atoms with Crippen molar-refractivity contribution in [2.45, 2.75) is 65.9 Å². The van der Waals surface area contributed by atoms with E-state index in [1.165, 1.54) is 0 Å². The fraction of sp³-hybridized carbons (Fsp3) is 0.929. The maximum atomic E-state index is 11.3. The Morgan fingerprint density at radius 1 is 1.18 bits per heavy atom. The minimum absolute atomic E-state index is 0.0820. The average Bonchev–Trinajstić information content (AvgIpc) is 2.35. The van der Waals surface area contributed by atoms with Crippen molar-refractivity contribution in [1.29, 1.82) is 0 Å². The molecule has 0 aromatic rings. The van der Waals surface area contributed by atoms with E-state index in [9.17, 15) is 15.0 Å². The van der Waals surface area contributed by atoms with Crippen molar-refractivity contribution < 1.29 is 15.0 Å². The van der Waals surface area contributed by atoms with Crippen LogP contribution in [0, 0.1) is 10.8 Å². The Morgan fingerprint density at radius 3 is 2.12 bits per heavy atom. The fourth-order valence-electron chi connectivity index (χ4n) is 2.48. The number of aliphatic hydroxyl groups excluding tert-OH is 2. The maximum Gasteiger partial charge on any atom is 0.128 e. The molecule has 3 atom stereocenters. The van der Waals surface area contributed by atoms with Gasteiger partial charge >= 0.3 is 0 Å². The zero-order valence-electron chi connectivity index (χ0n) is 11.7. The number of aldehydes is 1. The van der Waals surface area contributed by atoms with Gasteiger partial charge in [0, 0.05) is 10.8 Å². The van der Waals surface area contributed by atoms with Crippen LogP contribution in [-0.2, 0) is 4.79 Å². The quantitative estimate of drug-likeness (QED) is 0.613. The van der Waals surface area contributed by atoms with Gasteiger partial charge in [-0.15, -0.1) is 0 Å². The van der Waals surface area contributed by atoms with Gasteiger partial charge in [-0.1, -0.05) is 47.0 Å². The van der Waals surface area contributed by atoms with Crippen molar-refractivity contribution in [2.75, 3.05) is 6.61 Å². The molecule has 0 aliphatic heterocycles. The maximum absolute atomic E-state index is 11.3. The van der Waals surface area contributed by atoms with Crippen LogP contribution in [0.1, 0.15) is 59.8 Å². The van der Waals surface area contributed by atoms with Gasteiger partial charge in [0.15, 0.2) is 0 Å². The summed E-state index contributed by atoms with van der Waals surface area (Å²) in [5.41, 5.74) is -1.33. The van der Waals surface area contributed by atoms with E-state index in [1.54, 1.807) is 6.92 Å². The third kappa shape index (κ3) is 4.07. The van der Waals surface area contributed by atoms with E-state index in [0.717, 1.165) is 32.0 Å². The molecular formula is C14H28O3. The SMILES string of the molecule is CCCCC(C)(CO)C(O)C(C)(C=O)CCC. The van der Waals surface area contributed by atoms with Crippen LogP contribution in [0.2, 0.25) is 0 Å². The molecule has 0 amide bonds. The predicted molar refractivity (Wildman–Crippen MR) is 69.8 cm³/mol. The lowest BCUT2D eigenvalue weighted by Crippen LogP contribution is -2.47. The van der Waals surface area contributed by atoms with E-state index in [2.05, 4.69) is 6.92 Å². The molecular weight excluding hydrogens is 216 g/mol. The van der Waals surface area contributed by atoms with Gasteiger partial charge in [0.05, 0.1) is 12.7 Å². The van der Waals surface area contributed by atoms with E-state index in [0.29, 0.717) is 6.42 Å². The third-order valence-corrected chi connectivity index (χ3v) is 3.81. The summed E-state index contributed by atoms with van der Waals surface area (Å²) in [5.74, 6) is 0. The molecule has 3 unspecified atom stereocenters. The van der Waals surface area contributed by atoms with E-state index in [4.69, 9.17) is 0 Å². The van der Waals surface area contributed by atoms with Crippen molar-refractivity contribution in [1.82, 2.24) is 0 Å². The van der Waals surface area contributed by atoms with Crippen LogP contribution in [0.25, 0.3) is 0 Å². The summed E-state index contributed by atoms with van der Waals surface area (Å²) >= 11 is 0. The van der Waals surface area contributed by atoms with Crippen LogP contribution in [0.5, 0.6) is 0 Å². The van der Waals surface area contributed by atoms with Gasteiger partial charge in [0.25, 0.3) is 0 Å². The summed E-state index contributed by atoms with van der Waals surface area (Å²) < 4.78 is 0. The van der Waals surface area contributed by atoms with Crippen molar-refractivity contribution >= 4 is 6.29 Å². The van der Waals surface area contributed by atoms with Crippen molar-refractivity contribution in [3.63, 3.8) is 0 Å². The van der Waals surface area contributed by atoms with E-state index >= 15 is 0 Å². The molecule has 0 saturated carbocycles. The number of hydrogen-bond donors (Lipinski definition) is 2. The number of carbonyl (C=O) groups is 1. The third-order valence-electron chi connectivity index (χ3n) is 3.81. The molecule has 0 radical (unpaired) electrons. The Balaban J connectivity index is 4.91.